The third-order valence-corrected chi connectivity index (χ3v) is 13.9. The molecular weight excluding hydrogens is 213 g/mol. The fraction of sp³-hybridized carbons (Fsp3) is 1.00. The highest BCUT2D eigenvalue weighted by atomic mass is 35.9. The zero-order chi connectivity index (χ0) is 7.49. The summed E-state index contributed by atoms with van der Waals surface area (Å²) in [6.45, 7) is 4.17. The van der Waals surface area contributed by atoms with E-state index in [4.69, 9.17) is 33.2 Å². The van der Waals surface area contributed by atoms with Crippen molar-refractivity contribution in [3.8, 4) is 0 Å². The van der Waals surface area contributed by atoms with Crippen molar-refractivity contribution in [2.75, 3.05) is 12.3 Å². The Balaban J connectivity index is 3.79. The lowest BCUT2D eigenvalue weighted by molar-refractivity contribution is 1.43. The van der Waals surface area contributed by atoms with E-state index in [2.05, 4.69) is 13.8 Å². The Hall–Kier alpha value is 1.52. The molecule has 0 radical (unpaired) electrons. The minimum absolute atomic E-state index is 0.262. The zero-order valence-corrected chi connectivity index (χ0v) is 9.66. The standard InChI is InChI=1S/C4H10Cl3PSi/c1-3-8(4-2)9(5,6)7/h3-4H2,1-2H3. The highest BCUT2D eigenvalue weighted by molar-refractivity contribution is 8.18. The van der Waals surface area contributed by atoms with Crippen LogP contribution in [0.5, 0.6) is 0 Å². The Morgan fingerprint density at radius 2 is 1.44 bits per heavy atom. The van der Waals surface area contributed by atoms with Crippen LogP contribution in [0, 0.1) is 0 Å². The van der Waals surface area contributed by atoms with Crippen LogP contribution >= 0.6 is 40.7 Å². The molecule has 0 unspecified atom stereocenters. The van der Waals surface area contributed by atoms with Gasteiger partial charge in [-0.15, -0.1) is 33.2 Å². The lowest BCUT2D eigenvalue weighted by Crippen LogP contribution is -2.09. The van der Waals surface area contributed by atoms with Crippen molar-refractivity contribution < 1.29 is 0 Å². The third-order valence-electron chi connectivity index (χ3n) is 1.12. The molecule has 0 aromatic carbocycles. The average Bonchev–Trinajstić information content (AvgIpc) is 1.65. The van der Waals surface area contributed by atoms with Gasteiger partial charge in [0.15, 0.2) is 0 Å². The second-order valence-electron chi connectivity index (χ2n) is 1.64. The monoisotopic (exact) mass is 222 g/mol. The Kier molecular flexibility index (Phi) is 5.15. The van der Waals surface area contributed by atoms with Crippen LogP contribution < -0.4 is 0 Å². The van der Waals surface area contributed by atoms with Crippen molar-refractivity contribution in [2.45, 2.75) is 13.8 Å². The van der Waals surface area contributed by atoms with Crippen molar-refractivity contribution in [3.05, 3.63) is 0 Å². The van der Waals surface area contributed by atoms with E-state index in [1.54, 1.807) is 0 Å². The number of hydrogen-bond donors (Lipinski definition) is 0. The van der Waals surface area contributed by atoms with Gasteiger partial charge in [0.1, 0.15) is 0 Å². The van der Waals surface area contributed by atoms with Crippen LogP contribution in [-0.4, -0.2) is 18.0 Å². The Labute approximate surface area is 72.6 Å². The molecule has 0 rings (SSSR count). The van der Waals surface area contributed by atoms with Crippen molar-refractivity contribution in [1.82, 2.24) is 0 Å². The summed E-state index contributed by atoms with van der Waals surface area (Å²) in [4.78, 5) is 0. The van der Waals surface area contributed by atoms with Gasteiger partial charge in [-0.25, -0.2) is 0 Å². The molecule has 0 heterocycles. The minimum Gasteiger partial charge on any atom is -0.121 e. The molecule has 0 amide bonds. The molecule has 0 bridgehead atoms. The second-order valence-corrected chi connectivity index (χ2v) is 18.0. The molecular formula is C4H10Cl3PSi. The molecule has 0 aromatic heterocycles. The molecule has 0 saturated heterocycles. The summed E-state index contributed by atoms with van der Waals surface area (Å²) in [6, 6.07) is 0. The molecule has 0 aromatic rings. The fourth-order valence-corrected chi connectivity index (χ4v) is 10.4. The first-order valence-electron chi connectivity index (χ1n) is 2.84. The number of hydrogen-bond acceptors (Lipinski definition) is 0. The van der Waals surface area contributed by atoms with E-state index in [1.165, 1.54) is 0 Å². The lowest BCUT2D eigenvalue weighted by Gasteiger charge is -2.18. The van der Waals surface area contributed by atoms with Crippen molar-refractivity contribution in [3.63, 3.8) is 0 Å². The van der Waals surface area contributed by atoms with Crippen LogP contribution in [0.2, 0.25) is 0 Å². The summed E-state index contributed by atoms with van der Waals surface area (Å²) in [7, 11) is -0.262. The van der Waals surface area contributed by atoms with E-state index in [1.807, 2.05) is 0 Å². The van der Waals surface area contributed by atoms with Gasteiger partial charge in [-0.1, -0.05) is 21.3 Å². The molecule has 0 spiro atoms. The molecule has 0 aliphatic rings. The molecule has 0 atom stereocenters. The molecule has 9 heavy (non-hydrogen) atoms. The normalized spacial score (nSPS) is 12.7. The molecule has 0 nitrogen and oxygen atoms in total. The van der Waals surface area contributed by atoms with Crippen LogP contribution in [0.3, 0.4) is 0 Å². The van der Waals surface area contributed by atoms with Crippen LogP contribution in [-0.2, 0) is 0 Å². The summed E-state index contributed by atoms with van der Waals surface area (Å²) in [5.74, 6) is 0. The summed E-state index contributed by atoms with van der Waals surface area (Å²) in [6.07, 6.45) is 2.10. The van der Waals surface area contributed by atoms with Crippen LogP contribution in [0.4, 0.5) is 0 Å². The van der Waals surface area contributed by atoms with E-state index >= 15 is 0 Å². The quantitative estimate of drug-likeness (QED) is 0.389. The molecule has 0 saturated carbocycles. The molecule has 0 aliphatic carbocycles. The maximum Gasteiger partial charge on any atom is 0.365 e. The van der Waals surface area contributed by atoms with Crippen LogP contribution in [0.15, 0.2) is 0 Å². The Bertz CT molecular complexity index is 78.4. The summed E-state index contributed by atoms with van der Waals surface area (Å²) >= 11 is 17.4. The van der Waals surface area contributed by atoms with Crippen LogP contribution in [0.1, 0.15) is 13.8 Å². The maximum absolute atomic E-state index is 5.80. The van der Waals surface area contributed by atoms with E-state index < -0.39 is 5.67 Å². The van der Waals surface area contributed by atoms with E-state index in [0.717, 1.165) is 12.3 Å². The Morgan fingerprint density at radius 3 is 1.44 bits per heavy atom. The molecule has 0 fully saturated rings. The Morgan fingerprint density at radius 1 is 1.11 bits per heavy atom. The number of rotatable bonds is 3. The van der Waals surface area contributed by atoms with Crippen LogP contribution in [0.25, 0.3) is 0 Å². The van der Waals surface area contributed by atoms with Gasteiger partial charge in [-0.05, 0) is 12.3 Å². The first-order chi connectivity index (χ1) is 4.02. The van der Waals surface area contributed by atoms with Gasteiger partial charge >= 0.3 is 5.67 Å². The molecule has 0 aliphatic heterocycles. The summed E-state index contributed by atoms with van der Waals surface area (Å²) < 4.78 is 0. The van der Waals surface area contributed by atoms with Crippen molar-refractivity contribution in [2.24, 2.45) is 0 Å². The topological polar surface area (TPSA) is 0 Å². The van der Waals surface area contributed by atoms with Crippen molar-refractivity contribution >= 4 is 46.4 Å². The smallest absolute Gasteiger partial charge is 0.121 e. The molecule has 0 N–H and O–H groups in total. The first-order valence-corrected chi connectivity index (χ1v) is 10.4. The first kappa shape index (κ1) is 10.5. The fourth-order valence-electron chi connectivity index (χ4n) is 0.582. The summed E-state index contributed by atoms with van der Waals surface area (Å²) in [5, 5.41) is 0. The second kappa shape index (κ2) is 4.41. The SMILES string of the molecule is CCP(CC)[Si](Cl)(Cl)Cl. The van der Waals surface area contributed by atoms with Gasteiger partial charge in [0.2, 0.25) is 0 Å². The van der Waals surface area contributed by atoms with Gasteiger partial charge in [0, 0.05) is 0 Å². The van der Waals surface area contributed by atoms with Gasteiger partial charge in [-0.3, -0.25) is 0 Å². The molecule has 5 heteroatoms. The van der Waals surface area contributed by atoms with Gasteiger partial charge < -0.3 is 0 Å². The average molecular weight is 224 g/mol. The van der Waals surface area contributed by atoms with E-state index in [-0.39, 0.29) is 7.47 Å². The van der Waals surface area contributed by atoms with Gasteiger partial charge in [-0.2, -0.15) is 0 Å². The van der Waals surface area contributed by atoms with E-state index in [9.17, 15) is 0 Å². The third kappa shape index (κ3) is 4.05. The van der Waals surface area contributed by atoms with Gasteiger partial charge in [0.25, 0.3) is 0 Å². The highest BCUT2D eigenvalue weighted by Gasteiger charge is 2.33. The van der Waals surface area contributed by atoms with Gasteiger partial charge in [0.05, 0.1) is 0 Å². The highest BCUT2D eigenvalue weighted by Crippen LogP contribution is 2.52. The summed E-state index contributed by atoms with van der Waals surface area (Å²) in [5.41, 5.74) is -2.31. The number of halogens is 3. The molecule has 56 valence electrons. The predicted octanol–water partition coefficient (Wildman–Crippen LogP) is 3.66. The minimum atomic E-state index is -2.31. The predicted molar refractivity (Wildman–Crippen MR) is 51.3 cm³/mol. The van der Waals surface area contributed by atoms with Crippen molar-refractivity contribution in [1.29, 1.82) is 0 Å². The largest absolute Gasteiger partial charge is 0.365 e. The maximum atomic E-state index is 5.80. The lowest BCUT2D eigenvalue weighted by atomic mass is 11.0. The van der Waals surface area contributed by atoms with E-state index in [0.29, 0.717) is 0 Å². The zero-order valence-electron chi connectivity index (χ0n) is 5.50.